The maximum Gasteiger partial charge on any atom is 0.214 e. The largest absolute Gasteiger partial charge is 0.379 e. The molecule has 0 spiro atoms. The van der Waals surface area contributed by atoms with E-state index < -0.39 is 0 Å². The van der Waals surface area contributed by atoms with Crippen LogP contribution in [0.2, 0.25) is 5.02 Å². The molecule has 0 amide bonds. The number of ether oxygens (including phenoxy) is 1. The Labute approximate surface area is 241 Å². The summed E-state index contributed by atoms with van der Waals surface area (Å²) in [4.78, 5) is 16.0. The van der Waals surface area contributed by atoms with Gasteiger partial charge in [0.05, 0.1) is 18.9 Å². The van der Waals surface area contributed by atoms with Crippen molar-refractivity contribution in [3.8, 4) is 11.8 Å². The highest BCUT2D eigenvalue weighted by Gasteiger charge is 2.39. The summed E-state index contributed by atoms with van der Waals surface area (Å²) in [5.41, 5.74) is 2.90. The highest BCUT2D eigenvalue weighted by molar-refractivity contribution is 6.30. The Balaban J connectivity index is 1.28. The third-order valence-corrected chi connectivity index (χ3v) is 8.34. The monoisotopic (exact) mass is 560 g/mol. The van der Waals surface area contributed by atoms with Crippen molar-refractivity contribution in [2.24, 2.45) is 0 Å². The van der Waals surface area contributed by atoms with Crippen LogP contribution in [0.5, 0.6) is 0 Å². The number of halogens is 1. The number of nitriles is 1. The summed E-state index contributed by atoms with van der Waals surface area (Å²) in [7, 11) is 0. The van der Waals surface area contributed by atoms with Gasteiger partial charge in [0.2, 0.25) is 5.78 Å². The van der Waals surface area contributed by atoms with Crippen LogP contribution < -0.4 is 10.6 Å². The molecule has 0 bridgehead atoms. The molecule has 1 aliphatic carbocycles. The summed E-state index contributed by atoms with van der Waals surface area (Å²) in [6, 6.07) is 16.7. The summed E-state index contributed by atoms with van der Waals surface area (Å²) in [6.07, 6.45) is 5.91. The molecule has 2 aliphatic rings. The molecule has 1 saturated heterocycles. The number of hydrogen-bond donors (Lipinski definition) is 2. The van der Waals surface area contributed by atoms with Crippen LogP contribution in [0.15, 0.2) is 48.5 Å². The molecule has 9 heteroatoms. The molecule has 210 valence electrons. The number of nitrogens with zero attached hydrogens (tertiary/aromatic N) is 4. The van der Waals surface area contributed by atoms with E-state index in [0.29, 0.717) is 22.9 Å². The molecular formula is C31H37ClN6O2. The average Bonchev–Trinajstić information content (AvgIpc) is 3.61. The number of aromatic nitrogens is 2. The molecule has 1 aliphatic heterocycles. The van der Waals surface area contributed by atoms with Crippen molar-refractivity contribution in [3.05, 3.63) is 75.9 Å². The average molecular weight is 561 g/mol. The summed E-state index contributed by atoms with van der Waals surface area (Å²) in [6.45, 7) is 8.10. The number of aryl methyl sites for hydroxylation is 1. The first-order valence-electron chi connectivity index (χ1n) is 14.2. The predicted molar refractivity (Wildman–Crippen MR) is 157 cm³/mol. The van der Waals surface area contributed by atoms with Gasteiger partial charge in [-0.3, -0.25) is 9.69 Å². The van der Waals surface area contributed by atoms with Crippen LogP contribution in [-0.4, -0.2) is 71.9 Å². The Kier molecular flexibility index (Phi) is 9.18. The normalized spacial score (nSPS) is 17.0. The maximum absolute atomic E-state index is 13.4. The van der Waals surface area contributed by atoms with Crippen molar-refractivity contribution in [1.29, 1.82) is 5.26 Å². The summed E-state index contributed by atoms with van der Waals surface area (Å²) in [5.74, 6) is 0.236. The zero-order valence-electron chi connectivity index (χ0n) is 23.1. The Hall–Kier alpha value is -3.22. The Morgan fingerprint density at radius 1 is 1.07 bits per heavy atom. The Morgan fingerprint density at radius 3 is 2.45 bits per heavy atom. The third-order valence-electron chi connectivity index (χ3n) is 8.09. The van der Waals surface area contributed by atoms with Gasteiger partial charge in [0, 0.05) is 42.3 Å². The van der Waals surface area contributed by atoms with Crippen LogP contribution in [0.4, 0.5) is 5.82 Å². The fourth-order valence-electron chi connectivity index (χ4n) is 5.87. The van der Waals surface area contributed by atoms with Gasteiger partial charge in [-0.15, -0.1) is 0 Å². The molecule has 0 atom stereocenters. The van der Waals surface area contributed by atoms with Gasteiger partial charge in [-0.1, -0.05) is 54.3 Å². The molecule has 0 unspecified atom stereocenters. The lowest BCUT2D eigenvalue weighted by Gasteiger charge is -2.43. The molecule has 2 N–H and O–H groups in total. The van der Waals surface area contributed by atoms with Gasteiger partial charge >= 0.3 is 0 Å². The second kappa shape index (κ2) is 13.0. The van der Waals surface area contributed by atoms with Gasteiger partial charge in [0.25, 0.3) is 0 Å². The van der Waals surface area contributed by atoms with E-state index >= 15 is 0 Å². The number of hydrogen-bond acceptors (Lipinski definition) is 7. The predicted octanol–water partition coefficient (Wildman–Crippen LogP) is 4.97. The first-order chi connectivity index (χ1) is 19.5. The van der Waals surface area contributed by atoms with Crippen LogP contribution in [-0.2, 0) is 4.74 Å². The van der Waals surface area contributed by atoms with Gasteiger partial charge in [-0.05, 0) is 57.0 Å². The van der Waals surface area contributed by atoms with Gasteiger partial charge in [0.1, 0.15) is 17.5 Å². The van der Waals surface area contributed by atoms with Gasteiger partial charge in [-0.2, -0.15) is 10.4 Å². The SMILES string of the molecule is Cc1ccc(C(=O)c2nn(-c3ccc(Cl)cc3)c(NCCCNCC3(N4CCOCC4)CCCC3)c2C#N)cc1. The number of benzene rings is 2. The Morgan fingerprint density at radius 2 is 1.77 bits per heavy atom. The summed E-state index contributed by atoms with van der Waals surface area (Å²) < 4.78 is 7.22. The fourth-order valence-corrected chi connectivity index (χ4v) is 6.00. The lowest BCUT2D eigenvalue weighted by Crippen LogP contribution is -2.56. The quantitative estimate of drug-likeness (QED) is 0.252. The smallest absolute Gasteiger partial charge is 0.214 e. The van der Waals surface area contributed by atoms with Crippen molar-refractivity contribution >= 4 is 23.2 Å². The molecule has 2 aromatic carbocycles. The van der Waals surface area contributed by atoms with E-state index in [9.17, 15) is 10.1 Å². The van der Waals surface area contributed by atoms with Crippen LogP contribution >= 0.6 is 11.6 Å². The molecule has 3 aromatic rings. The Bertz CT molecular complexity index is 1330. The van der Waals surface area contributed by atoms with Crippen molar-refractivity contribution in [1.82, 2.24) is 20.0 Å². The van der Waals surface area contributed by atoms with Crippen LogP contribution in [0.25, 0.3) is 5.69 Å². The minimum atomic E-state index is -0.279. The van der Waals surface area contributed by atoms with Gasteiger partial charge in [0.15, 0.2) is 5.69 Å². The molecule has 2 fully saturated rings. The molecule has 2 heterocycles. The minimum absolute atomic E-state index is 0.135. The highest BCUT2D eigenvalue weighted by atomic mass is 35.5. The lowest BCUT2D eigenvalue weighted by molar-refractivity contribution is -0.0203. The first kappa shape index (κ1) is 28.3. The van der Waals surface area contributed by atoms with Gasteiger partial charge in [-0.25, -0.2) is 4.68 Å². The van der Waals surface area contributed by atoms with E-state index in [1.807, 2.05) is 31.2 Å². The van der Waals surface area contributed by atoms with Crippen LogP contribution in [0, 0.1) is 18.3 Å². The van der Waals surface area contributed by atoms with Crippen molar-refractivity contribution in [3.63, 3.8) is 0 Å². The zero-order chi connectivity index (χ0) is 28.0. The molecular weight excluding hydrogens is 524 g/mol. The molecule has 5 rings (SSSR count). The van der Waals surface area contributed by atoms with Gasteiger partial charge < -0.3 is 15.4 Å². The van der Waals surface area contributed by atoms with E-state index in [-0.39, 0.29) is 22.6 Å². The topological polar surface area (TPSA) is 95.2 Å². The van der Waals surface area contributed by atoms with Crippen LogP contribution in [0.1, 0.15) is 59.3 Å². The number of carbonyl (C=O) groups excluding carboxylic acids is 1. The summed E-state index contributed by atoms with van der Waals surface area (Å²) >= 11 is 6.12. The lowest BCUT2D eigenvalue weighted by atomic mass is 9.94. The number of morpholine rings is 1. The number of ketones is 1. The van der Waals surface area contributed by atoms with E-state index in [0.717, 1.165) is 57.1 Å². The number of carbonyl (C=O) groups is 1. The molecule has 1 saturated carbocycles. The number of anilines is 1. The molecule has 1 aromatic heterocycles. The minimum Gasteiger partial charge on any atom is -0.379 e. The summed E-state index contributed by atoms with van der Waals surface area (Å²) in [5, 5.41) is 22.4. The number of nitrogens with one attached hydrogen (secondary N) is 2. The first-order valence-corrected chi connectivity index (χ1v) is 14.6. The van der Waals surface area contributed by atoms with Crippen molar-refractivity contribution in [2.45, 2.75) is 44.6 Å². The highest BCUT2D eigenvalue weighted by Crippen LogP contribution is 2.35. The zero-order valence-corrected chi connectivity index (χ0v) is 23.8. The van der Waals surface area contributed by atoms with Crippen LogP contribution in [0.3, 0.4) is 0 Å². The van der Waals surface area contributed by atoms with E-state index in [2.05, 4.69) is 26.7 Å². The van der Waals surface area contributed by atoms with Crippen molar-refractivity contribution in [2.75, 3.05) is 51.3 Å². The third kappa shape index (κ3) is 6.24. The van der Waals surface area contributed by atoms with Crippen molar-refractivity contribution < 1.29 is 9.53 Å². The van der Waals surface area contributed by atoms with E-state index in [1.165, 1.54) is 25.7 Å². The molecule has 40 heavy (non-hydrogen) atoms. The standard InChI is InChI=1S/C31H37ClN6O2/c1-23-5-7-24(8-6-23)29(39)28-27(21-33)30(38(36-28)26-11-9-25(32)10-12-26)35-16-4-15-34-22-31(13-2-3-14-31)37-17-19-40-20-18-37/h5-12,34-35H,2-4,13-20,22H2,1H3. The molecule has 0 radical (unpaired) electrons. The molecule has 8 nitrogen and oxygen atoms in total. The second-order valence-corrected chi connectivity index (χ2v) is 11.2. The number of rotatable bonds is 11. The maximum atomic E-state index is 13.4. The van der Waals surface area contributed by atoms with E-state index in [4.69, 9.17) is 16.3 Å². The fraction of sp³-hybridized carbons (Fsp3) is 0.452. The van der Waals surface area contributed by atoms with E-state index in [1.54, 1.807) is 28.9 Å². The second-order valence-electron chi connectivity index (χ2n) is 10.8.